The smallest absolute Gasteiger partial charge is 0.192 e. The summed E-state index contributed by atoms with van der Waals surface area (Å²) in [5, 5.41) is 4.89. The van der Waals surface area contributed by atoms with Crippen molar-refractivity contribution in [1.29, 1.82) is 0 Å². The summed E-state index contributed by atoms with van der Waals surface area (Å²) in [5.74, 6) is -0.599. The van der Waals surface area contributed by atoms with Crippen LogP contribution in [0.1, 0.15) is 22.9 Å². The number of nitrogens with two attached hydrogens (primary N) is 1. The maximum atomic E-state index is 14.3. The number of aryl methyl sites for hydroxylation is 1. The topological polar surface area (TPSA) is 99.1 Å². The zero-order valence-electron chi connectivity index (χ0n) is 16.9. The highest BCUT2D eigenvalue weighted by Crippen LogP contribution is 2.33. The molecule has 1 atom stereocenters. The lowest BCUT2D eigenvalue weighted by Gasteiger charge is -2.16. The summed E-state index contributed by atoms with van der Waals surface area (Å²) < 4.78 is 43.3. The summed E-state index contributed by atoms with van der Waals surface area (Å²) >= 11 is 0. The van der Waals surface area contributed by atoms with Gasteiger partial charge < -0.3 is 10.3 Å². The quantitative estimate of drug-likeness (QED) is 0.472. The molecule has 4 aromatic rings. The van der Waals surface area contributed by atoms with E-state index in [1.165, 1.54) is 0 Å². The molecule has 0 aliphatic carbocycles. The second-order valence-electron chi connectivity index (χ2n) is 7.28. The average Bonchev–Trinajstić information content (AvgIpc) is 3.11. The van der Waals surface area contributed by atoms with Crippen molar-refractivity contribution >= 4 is 33.2 Å². The van der Waals surface area contributed by atoms with Crippen LogP contribution in [-0.2, 0) is 16.3 Å². The van der Waals surface area contributed by atoms with Crippen molar-refractivity contribution in [3.8, 4) is 11.3 Å². The van der Waals surface area contributed by atoms with Crippen molar-refractivity contribution in [3.05, 3.63) is 77.2 Å². The number of pyridine rings is 1. The number of hydrogen-bond acceptors (Lipinski definition) is 6. The third kappa shape index (κ3) is 4.61. The molecule has 0 spiro atoms. The van der Waals surface area contributed by atoms with Gasteiger partial charge in [-0.2, -0.15) is 0 Å². The van der Waals surface area contributed by atoms with Crippen molar-refractivity contribution in [2.45, 2.75) is 24.4 Å². The molecule has 0 bridgehead atoms. The molecule has 0 unspecified atom stereocenters. The van der Waals surface area contributed by atoms with Gasteiger partial charge in [0, 0.05) is 29.7 Å². The molecule has 0 saturated carbocycles. The van der Waals surface area contributed by atoms with Crippen LogP contribution >= 0.6 is 12.4 Å². The van der Waals surface area contributed by atoms with Gasteiger partial charge in [0.2, 0.25) is 0 Å². The second kappa shape index (κ2) is 8.74. The van der Waals surface area contributed by atoms with E-state index in [2.05, 4.69) is 10.1 Å². The van der Waals surface area contributed by atoms with Crippen molar-refractivity contribution in [1.82, 2.24) is 10.1 Å². The van der Waals surface area contributed by atoms with E-state index in [1.807, 2.05) is 49.4 Å². The monoisotopic (exact) mass is 461 g/mol. The van der Waals surface area contributed by atoms with E-state index >= 15 is 0 Å². The van der Waals surface area contributed by atoms with E-state index in [9.17, 15) is 12.8 Å². The van der Waals surface area contributed by atoms with Crippen LogP contribution in [0.4, 0.5) is 4.39 Å². The fraction of sp³-hybridized carbons (Fsp3) is 0.182. The van der Waals surface area contributed by atoms with Crippen LogP contribution in [-0.4, -0.2) is 24.8 Å². The first-order chi connectivity index (χ1) is 14.2. The predicted octanol–water partition coefficient (Wildman–Crippen LogP) is 4.41. The number of aromatic nitrogens is 2. The zero-order valence-corrected chi connectivity index (χ0v) is 18.5. The van der Waals surface area contributed by atoms with E-state index in [0.717, 1.165) is 40.5 Å². The molecule has 0 amide bonds. The largest absolute Gasteiger partial charge is 0.356 e. The molecule has 0 fully saturated rings. The maximum absolute atomic E-state index is 14.3. The maximum Gasteiger partial charge on any atom is 0.192 e. The molecule has 0 saturated heterocycles. The van der Waals surface area contributed by atoms with Crippen LogP contribution in [0.2, 0.25) is 0 Å². The van der Waals surface area contributed by atoms with E-state index in [4.69, 9.17) is 10.3 Å². The summed E-state index contributed by atoms with van der Waals surface area (Å²) in [4.78, 5) is 3.98. The molecule has 9 heteroatoms. The van der Waals surface area contributed by atoms with Crippen LogP contribution in [0.3, 0.4) is 0 Å². The molecule has 4 rings (SSSR count). The minimum Gasteiger partial charge on any atom is -0.356 e. The Balaban J connectivity index is 0.00000272. The van der Waals surface area contributed by atoms with Crippen molar-refractivity contribution < 1.29 is 17.3 Å². The lowest BCUT2D eigenvalue weighted by molar-refractivity contribution is 0.459. The number of halogens is 2. The van der Waals surface area contributed by atoms with Gasteiger partial charge in [-0.15, -0.1) is 12.4 Å². The Labute approximate surface area is 185 Å². The highest BCUT2D eigenvalue weighted by Gasteiger charge is 2.20. The number of rotatable bonds is 5. The van der Waals surface area contributed by atoms with Gasteiger partial charge in [0.25, 0.3) is 0 Å². The van der Waals surface area contributed by atoms with Gasteiger partial charge in [-0.1, -0.05) is 35.5 Å². The summed E-state index contributed by atoms with van der Waals surface area (Å²) in [6, 6.07) is 14.9. The second-order valence-corrected chi connectivity index (χ2v) is 9.24. The molecule has 2 heterocycles. The fourth-order valence-corrected chi connectivity index (χ4v) is 4.00. The van der Waals surface area contributed by atoms with E-state index in [-0.39, 0.29) is 29.5 Å². The third-order valence-electron chi connectivity index (χ3n) is 4.93. The number of nitrogens with zero attached hydrogens (tertiary/aromatic N) is 2. The minimum absolute atomic E-state index is 0. The van der Waals surface area contributed by atoms with E-state index < -0.39 is 21.7 Å². The van der Waals surface area contributed by atoms with Crippen molar-refractivity contribution in [2.75, 3.05) is 6.26 Å². The molecule has 2 aromatic heterocycles. The third-order valence-corrected chi connectivity index (χ3v) is 5.92. The van der Waals surface area contributed by atoms with Crippen LogP contribution < -0.4 is 5.73 Å². The van der Waals surface area contributed by atoms with Crippen molar-refractivity contribution in [2.24, 2.45) is 5.73 Å². The molecule has 0 aliphatic heterocycles. The number of hydrogen-bond donors (Lipinski definition) is 1. The summed E-state index contributed by atoms with van der Waals surface area (Å²) in [7, 11) is -3.55. The standard InChI is InChI=1S/C22H20FN3O3S.ClH/c1-13-7-8-16-20(11-13)29-26-22(16)15-6-4-3-5-14(15)18(24)12-19-17(23)9-10-21(25-19)30(2,27)28;/h3-11,18H,12,24H2,1-2H3;1H/t18-;/m0./s1. The Kier molecular flexibility index (Phi) is 6.45. The Bertz CT molecular complexity index is 1360. The number of sulfone groups is 1. The van der Waals surface area contributed by atoms with Gasteiger partial charge in [0.15, 0.2) is 20.4 Å². The Morgan fingerprint density at radius 1 is 1.13 bits per heavy atom. The summed E-state index contributed by atoms with van der Waals surface area (Å²) in [6.07, 6.45) is 1.06. The zero-order chi connectivity index (χ0) is 21.5. The lowest BCUT2D eigenvalue weighted by Crippen LogP contribution is -2.17. The van der Waals surface area contributed by atoms with Crippen molar-refractivity contribution in [3.63, 3.8) is 0 Å². The predicted molar refractivity (Wildman–Crippen MR) is 119 cm³/mol. The highest BCUT2D eigenvalue weighted by atomic mass is 35.5. The normalized spacial score (nSPS) is 12.5. The Morgan fingerprint density at radius 2 is 1.87 bits per heavy atom. The van der Waals surface area contributed by atoms with Crippen LogP contribution in [0, 0.1) is 12.7 Å². The molecule has 6 nitrogen and oxygen atoms in total. The average molecular weight is 462 g/mol. The van der Waals surface area contributed by atoms with E-state index in [1.54, 1.807) is 0 Å². The molecule has 162 valence electrons. The van der Waals surface area contributed by atoms with Gasteiger partial charge in [-0.25, -0.2) is 17.8 Å². The first-order valence-electron chi connectivity index (χ1n) is 9.30. The van der Waals surface area contributed by atoms with Gasteiger partial charge in [0.05, 0.1) is 5.69 Å². The first-order valence-corrected chi connectivity index (χ1v) is 11.2. The first kappa shape index (κ1) is 22.9. The fourth-order valence-electron chi connectivity index (χ4n) is 3.41. The highest BCUT2D eigenvalue weighted by molar-refractivity contribution is 7.90. The molecular weight excluding hydrogens is 441 g/mol. The Morgan fingerprint density at radius 3 is 2.61 bits per heavy atom. The molecule has 0 radical (unpaired) electrons. The van der Waals surface area contributed by atoms with Gasteiger partial charge in [-0.3, -0.25) is 0 Å². The molecule has 31 heavy (non-hydrogen) atoms. The molecule has 2 aromatic carbocycles. The summed E-state index contributed by atoms with van der Waals surface area (Å²) in [5.41, 5.74) is 10.3. The van der Waals surface area contributed by atoms with Crippen LogP contribution in [0.15, 0.2) is 64.1 Å². The van der Waals surface area contributed by atoms with Gasteiger partial charge in [0.1, 0.15) is 11.5 Å². The number of benzene rings is 2. The molecular formula is C22H21ClFN3O3S. The SMILES string of the molecule is Cc1ccc2c(-c3ccccc3[C@@H](N)Cc3nc(S(C)(=O)=O)ccc3F)noc2c1.Cl. The minimum atomic E-state index is -3.55. The van der Waals surface area contributed by atoms with E-state index in [0.29, 0.717) is 11.3 Å². The van der Waals surface area contributed by atoms with Gasteiger partial charge >= 0.3 is 0 Å². The van der Waals surface area contributed by atoms with Crippen LogP contribution in [0.25, 0.3) is 22.2 Å². The Hall–Kier alpha value is -2.81. The van der Waals surface area contributed by atoms with Gasteiger partial charge in [-0.05, 0) is 42.3 Å². The number of fused-ring (bicyclic) bond motifs is 1. The lowest BCUT2D eigenvalue weighted by atomic mass is 9.94. The summed E-state index contributed by atoms with van der Waals surface area (Å²) in [6.45, 7) is 1.97. The molecule has 0 aliphatic rings. The molecule has 2 N–H and O–H groups in total. The van der Waals surface area contributed by atoms with Crippen LogP contribution in [0.5, 0.6) is 0 Å².